The fourth-order valence-corrected chi connectivity index (χ4v) is 4.52. The highest BCUT2D eigenvalue weighted by Crippen LogP contribution is 2.17. The van der Waals surface area contributed by atoms with Crippen LogP contribution >= 0.6 is 0 Å². The van der Waals surface area contributed by atoms with Crippen LogP contribution in [0.4, 0.5) is 0 Å². The number of benzene rings is 3. The van der Waals surface area contributed by atoms with Crippen molar-refractivity contribution < 1.29 is 13.2 Å². The second-order valence-electron chi connectivity index (χ2n) is 7.55. The van der Waals surface area contributed by atoms with Gasteiger partial charge in [-0.15, -0.1) is 0 Å². The molecule has 0 aliphatic rings. The molecule has 0 fully saturated rings. The minimum Gasteiger partial charge on any atom is -0.345 e. The van der Waals surface area contributed by atoms with Gasteiger partial charge in [0.1, 0.15) is 5.82 Å². The number of hydrogen-bond acceptors (Lipinski definition) is 4. The third-order valence-corrected chi connectivity index (χ3v) is 6.76. The fraction of sp³-hybridized carbons (Fsp3) is 0.167. The second-order valence-corrected chi connectivity index (χ2v) is 9.31. The van der Waals surface area contributed by atoms with Crippen molar-refractivity contribution in [1.82, 2.24) is 19.6 Å². The molecule has 1 heterocycles. The summed E-state index contributed by atoms with van der Waals surface area (Å²) in [6, 6.07) is 21.6. The van der Waals surface area contributed by atoms with Gasteiger partial charge >= 0.3 is 0 Å². The quantitative estimate of drug-likeness (QED) is 0.454. The Labute approximate surface area is 187 Å². The van der Waals surface area contributed by atoms with Crippen LogP contribution < -0.4 is 10.0 Å². The van der Waals surface area contributed by atoms with Gasteiger partial charge in [-0.25, -0.2) is 18.1 Å². The molecule has 1 amide bonds. The van der Waals surface area contributed by atoms with Crippen molar-refractivity contribution in [3.63, 3.8) is 0 Å². The number of aryl methyl sites for hydroxylation is 2. The van der Waals surface area contributed by atoms with Gasteiger partial charge in [0.15, 0.2) is 0 Å². The first-order valence-corrected chi connectivity index (χ1v) is 11.7. The molecule has 32 heavy (non-hydrogen) atoms. The second kappa shape index (κ2) is 8.94. The highest BCUT2D eigenvalue weighted by molar-refractivity contribution is 7.89. The summed E-state index contributed by atoms with van der Waals surface area (Å²) in [5.41, 5.74) is 3.68. The highest BCUT2D eigenvalue weighted by atomic mass is 32.2. The number of amides is 1. The third kappa shape index (κ3) is 4.56. The number of hydrogen-bond donors (Lipinski definition) is 2. The van der Waals surface area contributed by atoms with Crippen LogP contribution in [0.3, 0.4) is 0 Å². The Morgan fingerprint density at radius 2 is 1.69 bits per heavy atom. The average molecular weight is 449 g/mol. The predicted octanol–water partition coefficient (Wildman–Crippen LogP) is 3.29. The van der Waals surface area contributed by atoms with Crippen molar-refractivity contribution in [2.24, 2.45) is 7.05 Å². The largest absolute Gasteiger partial charge is 0.345 e. The Morgan fingerprint density at radius 1 is 0.969 bits per heavy atom. The Bertz CT molecular complexity index is 1380. The molecule has 0 spiro atoms. The van der Waals surface area contributed by atoms with Crippen LogP contribution in [0, 0.1) is 6.92 Å². The Hall–Kier alpha value is -3.49. The lowest BCUT2D eigenvalue weighted by Crippen LogP contribution is -2.27. The normalized spacial score (nSPS) is 11.6. The number of fused-ring (bicyclic) bond motifs is 1. The van der Waals surface area contributed by atoms with Crippen molar-refractivity contribution >= 4 is 27.0 Å². The van der Waals surface area contributed by atoms with E-state index in [0.717, 1.165) is 16.6 Å². The molecule has 0 unspecified atom stereocenters. The maximum Gasteiger partial charge on any atom is 0.251 e. The van der Waals surface area contributed by atoms with E-state index in [2.05, 4.69) is 15.0 Å². The van der Waals surface area contributed by atoms with Crippen molar-refractivity contribution in [2.75, 3.05) is 0 Å². The van der Waals surface area contributed by atoms with Crippen molar-refractivity contribution in [2.45, 2.75) is 24.9 Å². The molecule has 3 aromatic carbocycles. The summed E-state index contributed by atoms with van der Waals surface area (Å²) < 4.78 is 30.0. The third-order valence-electron chi connectivity index (χ3n) is 5.36. The minimum absolute atomic E-state index is 0.0481. The molecular formula is C24H24N4O3S. The van der Waals surface area contributed by atoms with E-state index < -0.39 is 10.0 Å². The number of carbonyl (C=O) groups excluding carboxylic acids is 1. The molecule has 4 aromatic rings. The first kappa shape index (κ1) is 21.7. The lowest BCUT2D eigenvalue weighted by atomic mass is 10.1. The fourth-order valence-electron chi connectivity index (χ4n) is 3.48. The summed E-state index contributed by atoms with van der Waals surface area (Å²) in [6.45, 7) is 2.18. The van der Waals surface area contributed by atoms with Crippen LogP contribution in [0.5, 0.6) is 0 Å². The monoisotopic (exact) mass is 448 g/mol. The molecule has 1 aromatic heterocycles. The molecule has 0 saturated carbocycles. The lowest BCUT2D eigenvalue weighted by Gasteiger charge is -2.11. The molecule has 0 atom stereocenters. The molecule has 0 radical (unpaired) electrons. The summed E-state index contributed by atoms with van der Waals surface area (Å²) in [5, 5.41) is 2.86. The minimum atomic E-state index is -3.77. The topological polar surface area (TPSA) is 93.1 Å². The number of rotatable bonds is 7. The molecule has 0 saturated heterocycles. The van der Waals surface area contributed by atoms with Gasteiger partial charge in [0, 0.05) is 19.2 Å². The van der Waals surface area contributed by atoms with Crippen LogP contribution in [0.2, 0.25) is 0 Å². The molecule has 2 N–H and O–H groups in total. The summed E-state index contributed by atoms with van der Waals surface area (Å²) in [5.74, 6) is 0.361. The summed E-state index contributed by atoms with van der Waals surface area (Å²) in [6.07, 6.45) is 0. The average Bonchev–Trinajstić information content (AvgIpc) is 3.12. The number of imidazole rings is 1. The van der Waals surface area contributed by atoms with E-state index in [1.807, 2.05) is 66.2 Å². The van der Waals surface area contributed by atoms with Gasteiger partial charge in [-0.05, 0) is 42.3 Å². The Kier molecular flexibility index (Phi) is 6.07. The van der Waals surface area contributed by atoms with E-state index in [0.29, 0.717) is 17.0 Å². The molecule has 4 rings (SSSR count). The molecular weight excluding hydrogens is 424 g/mol. The zero-order chi connectivity index (χ0) is 22.7. The number of nitrogens with zero attached hydrogens (tertiary/aromatic N) is 2. The molecule has 0 bridgehead atoms. The van der Waals surface area contributed by atoms with E-state index in [1.165, 1.54) is 12.1 Å². The molecule has 0 aliphatic carbocycles. The summed E-state index contributed by atoms with van der Waals surface area (Å²) in [4.78, 5) is 17.5. The zero-order valence-electron chi connectivity index (χ0n) is 17.9. The molecule has 0 aliphatic heterocycles. The molecule has 164 valence electrons. The number of para-hydroxylation sites is 2. The number of aromatic nitrogens is 2. The lowest BCUT2D eigenvalue weighted by molar-refractivity contribution is 0.0949. The van der Waals surface area contributed by atoms with Gasteiger partial charge in [-0.2, -0.15) is 0 Å². The van der Waals surface area contributed by atoms with Gasteiger partial charge in [-0.1, -0.05) is 48.5 Å². The Balaban J connectivity index is 1.50. The van der Waals surface area contributed by atoms with E-state index in [9.17, 15) is 13.2 Å². The highest BCUT2D eigenvalue weighted by Gasteiger charge is 2.18. The number of sulfonamides is 1. The van der Waals surface area contributed by atoms with Crippen molar-refractivity contribution in [1.29, 1.82) is 0 Å². The summed E-state index contributed by atoms with van der Waals surface area (Å²) >= 11 is 0. The zero-order valence-corrected chi connectivity index (χ0v) is 18.7. The first-order chi connectivity index (χ1) is 15.3. The van der Waals surface area contributed by atoms with Crippen LogP contribution in [0.25, 0.3) is 11.0 Å². The molecule has 8 heteroatoms. The SMILES string of the molecule is Cc1ccc(S(=O)(=O)NCc2ccccc2)cc1C(=O)NCc1nc2ccccc2n1C. The number of carbonyl (C=O) groups is 1. The van der Waals surface area contributed by atoms with E-state index in [1.54, 1.807) is 13.0 Å². The van der Waals surface area contributed by atoms with Crippen molar-refractivity contribution in [3.8, 4) is 0 Å². The predicted molar refractivity (Wildman–Crippen MR) is 124 cm³/mol. The van der Waals surface area contributed by atoms with Crippen LogP contribution in [-0.2, 0) is 30.2 Å². The maximum atomic E-state index is 12.9. The van der Waals surface area contributed by atoms with Crippen LogP contribution in [0.1, 0.15) is 27.3 Å². The molecule has 7 nitrogen and oxygen atoms in total. The smallest absolute Gasteiger partial charge is 0.251 e. The van der Waals surface area contributed by atoms with Gasteiger partial charge in [0.05, 0.1) is 22.5 Å². The van der Waals surface area contributed by atoms with Gasteiger partial charge in [-0.3, -0.25) is 4.79 Å². The van der Waals surface area contributed by atoms with Gasteiger partial charge in [0.25, 0.3) is 5.91 Å². The van der Waals surface area contributed by atoms with Gasteiger partial charge < -0.3 is 9.88 Å². The van der Waals surface area contributed by atoms with E-state index in [-0.39, 0.29) is 23.9 Å². The van der Waals surface area contributed by atoms with Crippen LogP contribution in [0.15, 0.2) is 77.7 Å². The standard InChI is InChI=1S/C24H24N4O3S/c1-17-12-13-19(32(30,31)26-15-18-8-4-3-5-9-18)14-20(17)24(29)25-16-23-27-21-10-6-7-11-22(21)28(23)2/h3-14,26H,15-16H2,1-2H3,(H,25,29). The van der Waals surface area contributed by atoms with Crippen LogP contribution in [-0.4, -0.2) is 23.9 Å². The van der Waals surface area contributed by atoms with Gasteiger partial charge in [0.2, 0.25) is 10.0 Å². The summed E-state index contributed by atoms with van der Waals surface area (Å²) in [7, 11) is -1.87. The number of nitrogens with one attached hydrogen (secondary N) is 2. The Morgan fingerprint density at radius 3 is 2.44 bits per heavy atom. The maximum absolute atomic E-state index is 12.9. The van der Waals surface area contributed by atoms with E-state index >= 15 is 0 Å². The van der Waals surface area contributed by atoms with E-state index in [4.69, 9.17) is 0 Å². The van der Waals surface area contributed by atoms with Crippen molar-refractivity contribution in [3.05, 3.63) is 95.3 Å². The first-order valence-electron chi connectivity index (χ1n) is 10.2.